The van der Waals surface area contributed by atoms with Gasteiger partial charge in [0.1, 0.15) is 0 Å². The van der Waals surface area contributed by atoms with Crippen molar-refractivity contribution < 1.29 is 4.74 Å². The topological polar surface area (TPSA) is 47.3 Å². The first kappa shape index (κ1) is 13.5. The van der Waals surface area contributed by atoms with Crippen LogP contribution in [0.15, 0.2) is 18.2 Å². The number of benzene rings is 1. The molecule has 0 spiro atoms. The van der Waals surface area contributed by atoms with E-state index in [0.29, 0.717) is 12.6 Å². The smallest absolute Gasteiger partial charge is 0.0700 e. The molecule has 1 aliphatic heterocycles. The summed E-state index contributed by atoms with van der Waals surface area (Å²) in [6.07, 6.45) is 2.71. The van der Waals surface area contributed by atoms with E-state index in [4.69, 9.17) is 10.5 Å². The zero-order chi connectivity index (χ0) is 13.0. The fourth-order valence-corrected chi connectivity index (χ4v) is 2.63. The van der Waals surface area contributed by atoms with Gasteiger partial charge in [-0.05, 0) is 32.3 Å². The number of hydrogen-bond donors (Lipinski definition) is 2. The Kier molecular flexibility index (Phi) is 4.75. The molecule has 0 aliphatic carbocycles. The zero-order valence-corrected chi connectivity index (χ0v) is 11.4. The fourth-order valence-electron chi connectivity index (χ4n) is 2.63. The molecule has 100 valence electrons. The minimum Gasteiger partial charge on any atom is -0.377 e. The average molecular weight is 248 g/mol. The molecule has 1 heterocycles. The first-order valence-electron chi connectivity index (χ1n) is 6.82. The standard InChI is InChI=1S/C15H24N2O/c1-11-6-12(2)8-13(7-11)15(9-16)17-10-14-4-3-5-18-14/h6-8,14-15,17H,3-5,9-10,16H2,1-2H3. The molecule has 0 saturated carbocycles. The molecule has 3 nitrogen and oxygen atoms in total. The second-order valence-electron chi connectivity index (χ2n) is 5.25. The van der Waals surface area contributed by atoms with Gasteiger partial charge in [-0.25, -0.2) is 0 Å². The predicted molar refractivity (Wildman–Crippen MR) is 74.7 cm³/mol. The quantitative estimate of drug-likeness (QED) is 0.838. The van der Waals surface area contributed by atoms with Crippen LogP contribution in [-0.2, 0) is 4.74 Å². The van der Waals surface area contributed by atoms with Crippen molar-refractivity contribution >= 4 is 0 Å². The van der Waals surface area contributed by atoms with E-state index in [9.17, 15) is 0 Å². The maximum absolute atomic E-state index is 5.89. The summed E-state index contributed by atoms with van der Waals surface area (Å²) in [5.74, 6) is 0. The maximum Gasteiger partial charge on any atom is 0.0700 e. The van der Waals surface area contributed by atoms with Gasteiger partial charge in [-0.1, -0.05) is 29.3 Å². The normalized spacial score (nSPS) is 21.2. The third-order valence-electron chi connectivity index (χ3n) is 3.50. The highest BCUT2D eigenvalue weighted by atomic mass is 16.5. The van der Waals surface area contributed by atoms with Crippen molar-refractivity contribution in [2.75, 3.05) is 19.7 Å². The van der Waals surface area contributed by atoms with Gasteiger partial charge in [0.2, 0.25) is 0 Å². The van der Waals surface area contributed by atoms with Crippen LogP contribution in [0.4, 0.5) is 0 Å². The summed E-state index contributed by atoms with van der Waals surface area (Å²) in [7, 11) is 0. The molecule has 0 amide bonds. The van der Waals surface area contributed by atoms with Crippen LogP contribution < -0.4 is 11.1 Å². The van der Waals surface area contributed by atoms with Gasteiger partial charge >= 0.3 is 0 Å². The highest BCUT2D eigenvalue weighted by Crippen LogP contribution is 2.17. The lowest BCUT2D eigenvalue weighted by atomic mass is 10.0. The lowest BCUT2D eigenvalue weighted by Crippen LogP contribution is -2.34. The Morgan fingerprint density at radius 2 is 2.06 bits per heavy atom. The Balaban J connectivity index is 1.98. The van der Waals surface area contributed by atoms with Gasteiger partial charge in [0.15, 0.2) is 0 Å². The molecule has 0 aromatic heterocycles. The van der Waals surface area contributed by atoms with E-state index in [1.165, 1.54) is 23.1 Å². The molecule has 2 atom stereocenters. The van der Waals surface area contributed by atoms with Gasteiger partial charge < -0.3 is 15.8 Å². The van der Waals surface area contributed by atoms with Crippen molar-refractivity contribution in [2.24, 2.45) is 5.73 Å². The highest BCUT2D eigenvalue weighted by molar-refractivity contribution is 5.30. The fraction of sp³-hybridized carbons (Fsp3) is 0.600. The monoisotopic (exact) mass is 248 g/mol. The van der Waals surface area contributed by atoms with Crippen LogP contribution in [-0.4, -0.2) is 25.8 Å². The Morgan fingerprint density at radius 1 is 1.33 bits per heavy atom. The van der Waals surface area contributed by atoms with Gasteiger partial charge in [-0.3, -0.25) is 0 Å². The summed E-state index contributed by atoms with van der Waals surface area (Å²) in [4.78, 5) is 0. The number of rotatable bonds is 5. The molecule has 0 bridgehead atoms. The summed E-state index contributed by atoms with van der Waals surface area (Å²) >= 11 is 0. The third kappa shape index (κ3) is 3.55. The van der Waals surface area contributed by atoms with Crippen LogP contribution in [0.1, 0.15) is 35.6 Å². The van der Waals surface area contributed by atoms with E-state index >= 15 is 0 Å². The third-order valence-corrected chi connectivity index (χ3v) is 3.50. The van der Waals surface area contributed by atoms with Crippen molar-refractivity contribution in [3.8, 4) is 0 Å². The number of aryl methyl sites for hydroxylation is 2. The molecular weight excluding hydrogens is 224 g/mol. The molecular formula is C15H24N2O. The largest absolute Gasteiger partial charge is 0.377 e. The molecule has 1 aliphatic rings. The molecule has 1 aromatic rings. The van der Waals surface area contributed by atoms with E-state index in [2.05, 4.69) is 37.4 Å². The van der Waals surface area contributed by atoms with Crippen LogP contribution in [0.25, 0.3) is 0 Å². The molecule has 3 heteroatoms. The highest BCUT2D eigenvalue weighted by Gasteiger charge is 2.17. The second-order valence-corrected chi connectivity index (χ2v) is 5.25. The molecule has 2 unspecified atom stereocenters. The minimum absolute atomic E-state index is 0.229. The van der Waals surface area contributed by atoms with Crippen molar-refractivity contribution in [1.82, 2.24) is 5.32 Å². The lowest BCUT2D eigenvalue weighted by Gasteiger charge is -2.20. The Labute approximate surface area is 110 Å². The summed E-state index contributed by atoms with van der Waals surface area (Å²) in [5.41, 5.74) is 9.76. The predicted octanol–water partition coefficient (Wildman–Crippen LogP) is 2.07. The molecule has 1 fully saturated rings. The van der Waals surface area contributed by atoms with E-state index in [0.717, 1.165) is 19.6 Å². The van der Waals surface area contributed by atoms with Crippen molar-refractivity contribution in [2.45, 2.75) is 38.8 Å². The lowest BCUT2D eigenvalue weighted by molar-refractivity contribution is 0.107. The molecule has 1 aromatic carbocycles. The number of nitrogens with two attached hydrogens (primary N) is 1. The van der Waals surface area contributed by atoms with Gasteiger partial charge in [0.05, 0.1) is 6.10 Å². The molecule has 2 rings (SSSR count). The molecule has 3 N–H and O–H groups in total. The Hall–Kier alpha value is -0.900. The second kappa shape index (κ2) is 6.32. The van der Waals surface area contributed by atoms with Crippen LogP contribution in [0.3, 0.4) is 0 Å². The zero-order valence-electron chi connectivity index (χ0n) is 11.4. The maximum atomic E-state index is 5.89. The van der Waals surface area contributed by atoms with Crippen molar-refractivity contribution in [1.29, 1.82) is 0 Å². The van der Waals surface area contributed by atoms with E-state index in [1.54, 1.807) is 0 Å². The van der Waals surface area contributed by atoms with Gasteiger partial charge in [0, 0.05) is 25.7 Å². The van der Waals surface area contributed by atoms with Crippen molar-refractivity contribution in [3.05, 3.63) is 34.9 Å². The van der Waals surface area contributed by atoms with E-state index in [-0.39, 0.29) is 6.04 Å². The van der Waals surface area contributed by atoms with Gasteiger partial charge in [-0.15, -0.1) is 0 Å². The summed E-state index contributed by atoms with van der Waals surface area (Å²) < 4.78 is 5.63. The van der Waals surface area contributed by atoms with Gasteiger partial charge in [0.25, 0.3) is 0 Å². The number of ether oxygens (including phenoxy) is 1. The SMILES string of the molecule is Cc1cc(C)cc(C(CN)NCC2CCCO2)c1. The molecule has 1 saturated heterocycles. The van der Waals surface area contributed by atoms with E-state index in [1.807, 2.05) is 0 Å². The molecule has 18 heavy (non-hydrogen) atoms. The first-order chi connectivity index (χ1) is 8.69. The first-order valence-corrected chi connectivity index (χ1v) is 6.82. The average Bonchev–Trinajstić information content (AvgIpc) is 2.81. The number of hydrogen-bond acceptors (Lipinski definition) is 3. The van der Waals surface area contributed by atoms with Crippen molar-refractivity contribution in [3.63, 3.8) is 0 Å². The summed E-state index contributed by atoms with van der Waals surface area (Å²) in [6, 6.07) is 6.85. The van der Waals surface area contributed by atoms with Crippen LogP contribution >= 0.6 is 0 Å². The molecule has 0 radical (unpaired) electrons. The van der Waals surface area contributed by atoms with Crippen LogP contribution in [0.5, 0.6) is 0 Å². The Bertz CT molecular complexity index is 366. The van der Waals surface area contributed by atoms with E-state index < -0.39 is 0 Å². The van der Waals surface area contributed by atoms with Crippen LogP contribution in [0.2, 0.25) is 0 Å². The minimum atomic E-state index is 0.229. The van der Waals surface area contributed by atoms with Gasteiger partial charge in [-0.2, -0.15) is 0 Å². The summed E-state index contributed by atoms with van der Waals surface area (Å²) in [5, 5.41) is 3.53. The van der Waals surface area contributed by atoms with Crippen LogP contribution in [0, 0.1) is 13.8 Å². The Morgan fingerprint density at radius 3 is 2.61 bits per heavy atom. The number of nitrogens with one attached hydrogen (secondary N) is 1. The summed E-state index contributed by atoms with van der Waals surface area (Å²) in [6.45, 7) is 6.68.